The molecule has 0 radical (unpaired) electrons. The normalized spacial score (nSPS) is 33.9. The summed E-state index contributed by atoms with van der Waals surface area (Å²) in [4.78, 5) is 4.57. The molecule has 1 aromatic rings. The van der Waals surface area contributed by atoms with Gasteiger partial charge in [-0.15, -0.1) is 0 Å². The second kappa shape index (κ2) is 4.38. The minimum atomic E-state index is -0.741. The van der Waals surface area contributed by atoms with Gasteiger partial charge in [-0.2, -0.15) is 0 Å². The van der Waals surface area contributed by atoms with Crippen molar-refractivity contribution in [3.8, 4) is 0 Å². The number of aliphatic imine (C=N–C) groups is 1. The van der Waals surface area contributed by atoms with Crippen LogP contribution in [0.2, 0.25) is 0 Å². The predicted octanol–water partition coefficient (Wildman–Crippen LogP) is 1.70. The van der Waals surface area contributed by atoms with Crippen molar-refractivity contribution in [1.82, 2.24) is 0 Å². The van der Waals surface area contributed by atoms with Gasteiger partial charge in [-0.3, -0.25) is 0 Å². The number of nitrogens with zero attached hydrogens (tertiary/aromatic N) is 1. The van der Waals surface area contributed by atoms with Crippen LogP contribution in [0.1, 0.15) is 12.5 Å². The standard InChI is InChI=1S/C13H16FN3OS/c1-7-13(10-4-9(15)2-3-11(10)14)8(5-18-7)6-19-12(16)17-13/h2-4,7-8H,5-6,15H2,1H3,(H2,16,17)/t7-,8+,13+/m1/s1. The Kier molecular flexibility index (Phi) is 2.94. The van der Waals surface area contributed by atoms with Gasteiger partial charge in [0, 0.05) is 22.9 Å². The lowest BCUT2D eigenvalue weighted by molar-refractivity contribution is 0.0949. The molecule has 0 aromatic heterocycles. The maximum Gasteiger partial charge on any atom is 0.154 e. The number of halogens is 1. The van der Waals surface area contributed by atoms with E-state index in [0.29, 0.717) is 23.0 Å². The highest BCUT2D eigenvalue weighted by molar-refractivity contribution is 8.13. The molecule has 0 saturated carbocycles. The maximum atomic E-state index is 14.3. The van der Waals surface area contributed by atoms with Gasteiger partial charge < -0.3 is 16.2 Å². The molecule has 4 nitrogen and oxygen atoms in total. The van der Waals surface area contributed by atoms with E-state index in [1.807, 2.05) is 6.92 Å². The van der Waals surface area contributed by atoms with E-state index >= 15 is 0 Å². The highest BCUT2D eigenvalue weighted by Crippen LogP contribution is 2.49. The van der Waals surface area contributed by atoms with Crippen LogP contribution in [0.4, 0.5) is 10.1 Å². The smallest absolute Gasteiger partial charge is 0.154 e. The number of hydrogen-bond acceptors (Lipinski definition) is 5. The lowest BCUT2D eigenvalue weighted by Gasteiger charge is -2.37. The molecule has 0 unspecified atom stereocenters. The van der Waals surface area contributed by atoms with Crippen molar-refractivity contribution >= 4 is 22.6 Å². The molecule has 0 amide bonds. The van der Waals surface area contributed by atoms with E-state index < -0.39 is 5.54 Å². The van der Waals surface area contributed by atoms with Crippen molar-refractivity contribution in [1.29, 1.82) is 0 Å². The number of fused-ring (bicyclic) bond motifs is 1. The van der Waals surface area contributed by atoms with Gasteiger partial charge >= 0.3 is 0 Å². The first-order valence-electron chi connectivity index (χ1n) is 6.19. The second-order valence-corrected chi connectivity index (χ2v) is 6.04. The topological polar surface area (TPSA) is 73.6 Å². The van der Waals surface area contributed by atoms with Gasteiger partial charge in [-0.25, -0.2) is 9.38 Å². The zero-order chi connectivity index (χ0) is 13.6. The van der Waals surface area contributed by atoms with E-state index in [1.54, 1.807) is 12.1 Å². The van der Waals surface area contributed by atoms with Crippen molar-refractivity contribution in [3.63, 3.8) is 0 Å². The fourth-order valence-electron chi connectivity index (χ4n) is 2.95. The number of rotatable bonds is 1. The van der Waals surface area contributed by atoms with Gasteiger partial charge in [0.2, 0.25) is 0 Å². The minimum absolute atomic E-state index is 0.121. The Hall–Kier alpha value is -1.27. The monoisotopic (exact) mass is 281 g/mol. The summed E-state index contributed by atoms with van der Waals surface area (Å²) in [6.07, 6.45) is -0.215. The van der Waals surface area contributed by atoms with Crippen LogP contribution < -0.4 is 11.5 Å². The Morgan fingerprint density at radius 3 is 3.05 bits per heavy atom. The van der Waals surface area contributed by atoms with E-state index in [1.165, 1.54) is 17.8 Å². The molecule has 2 aliphatic rings. The lowest BCUT2D eigenvalue weighted by atomic mass is 9.77. The maximum absolute atomic E-state index is 14.3. The van der Waals surface area contributed by atoms with Crippen LogP contribution in [0.3, 0.4) is 0 Å². The molecule has 2 aliphatic heterocycles. The Balaban J connectivity index is 2.22. The van der Waals surface area contributed by atoms with Crippen LogP contribution in [-0.4, -0.2) is 23.6 Å². The summed E-state index contributed by atoms with van der Waals surface area (Å²) in [5, 5.41) is 0.482. The molecule has 0 spiro atoms. The van der Waals surface area contributed by atoms with Crippen molar-refractivity contribution < 1.29 is 9.13 Å². The summed E-state index contributed by atoms with van der Waals surface area (Å²) in [7, 11) is 0. The predicted molar refractivity (Wildman–Crippen MR) is 75.5 cm³/mol. The fraction of sp³-hybridized carbons (Fsp3) is 0.462. The van der Waals surface area contributed by atoms with Gasteiger partial charge in [-0.05, 0) is 25.1 Å². The molecule has 1 fully saturated rings. The van der Waals surface area contributed by atoms with E-state index in [9.17, 15) is 4.39 Å². The number of nitrogens with two attached hydrogens (primary N) is 2. The molecule has 1 aromatic carbocycles. The fourth-order valence-corrected chi connectivity index (χ4v) is 3.89. The molecule has 19 heavy (non-hydrogen) atoms. The number of amidine groups is 1. The summed E-state index contributed by atoms with van der Waals surface area (Å²) >= 11 is 1.49. The van der Waals surface area contributed by atoms with E-state index in [4.69, 9.17) is 16.2 Å². The van der Waals surface area contributed by atoms with Crippen LogP contribution in [0, 0.1) is 11.7 Å². The first kappa shape index (κ1) is 12.7. The molecular weight excluding hydrogens is 265 g/mol. The average Bonchev–Trinajstić information content (AvgIpc) is 2.70. The Morgan fingerprint density at radius 1 is 1.47 bits per heavy atom. The summed E-state index contributed by atoms with van der Waals surface area (Å²) in [6, 6.07) is 4.59. The lowest BCUT2D eigenvalue weighted by Crippen LogP contribution is -2.44. The number of nitrogen functional groups attached to an aromatic ring is 1. The largest absolute Gasteiger partial charge is 0.399 e. The number of thioether (sulfide) groups is 1. The summed E-state index contributed by atoms with van der Waals surface area (Å²) in [6.45, 7) is 2.48. The molecule has 6 heteroatoms. The number of benzene rings is 1. The molecule has 102 valence electrons. The zero-order valence-corrected chi connectivity index (χ0v) is 11.4. The molecule has 2 heterocycles. The summed E-state index contributed by atoms with van der Waals surface area (Å²) in [5.41, 5.74) is 11.9. The number of hydrogen-bond donors (Lipinski definition) is 2. The third-order valence-corrected chi connectivity index (χ3v) is 4.90. The number of anilines is 1. The molecular formula is C13H16FN3OS. The van der Waals surface area contributed by atoms with Gasteiger partial charge in [0.05, 0.1) is 12.7 Å². The molecule has 0 aliphatic carbocycles. The highest BCUT2D eigenvalue weighted by Gasteiger charge is 2.54. The quantitative estimate of drug-likeness (QED) is 0.768. The molecule has 4 N–H and O–H groups in total. The number of ether oxygens (including phenoxy) is 1. The first-order chi connectivity index (χ1) is 9.04. The Bertz CT molecular complexity index is 551. The van der Waals surface area contributed by atoms with Gasteiger partial charge in [0.25, 0.3) is 0 Å². The van der Waals surface area contributed by atoms with Crippen LogP contribution in [0.15, 0.2) is 23.2 Å². The molecule has 3 rings (SSSR count). The average molecular weight is 281 g/mol. The minimum Gasteiger partial charge on any atom is -0.399 e. The van der Waals surface area contributed by atoms with Crippen molar-refractivity contribution in [2.75, 3.05) is 18.1 Å². The molecule has 3 atom stereocenters. The van der Waals surface area contributed by atoms with Crippen LogP contribution in [0.5, 0.6) is 0 Å². The van der Waals surface area contributed by atoms with Crippen LogP contribution in [-0.2, 0) is 10.3 Å². The van der Waals surface area contributed by atoms with Gasteiger partial charge in [-0.1, -0.05) is 11.8 Å². The van der Waals surface area contributed by atoms with Gasteiger partial charge in [0.1, 0.15) is 11.4 Å². The van der Waals surface area contributed by atoms with Crippen LogP contribution >= 0.6 is 11.8 Å². The van der Waals surface area contributed by atoms with Crippen molar-refractivity contribution in [2.24, 2.45) is 16.6 Å². The molecule has 1 saturated heterocycles. The summed E-state index contributed by atoms with van der Waals surface area (Å²) in [5.74, 6) is 0.601. The van der Waals surface area contributed by atoms with Crippen molar-refractivity contribution in [3.05, 3.63) is 29.6 Å². The second-order valence-electron chi connectivity index (χ2n) is 5.00. The van der Waals surface area contributed by atoms with E-state index in [0.717, 1.165) is 5.75 Å². The SMILES string of the molecule is C[C@H]1OC[C@H]2CSC(N)=N[C@]21c1cc(N)ccc1F. The summed E-state index contributed by atoms with van der Waals surface area (Å²) < 4.78 is 20.0. The van der Waals surface area contributed by atoms with E-state index in [-0.39, 0.29) is 17.8 Å². The van der Waals surface area contributed by atoms with Crippen molar-refractivity contribution in [2.45, 2.75) is 18.6 Å². The third kappa shape index (κ3) is 1.81. The Morgan fingerprint density at radius 2 is 2.26 bits per heavy atom. The van der Waals surface area contributed by atoms with Gasteiger partial charge in [0.15, 0.2) is 5.17 Å². The first-order valence-corrected chi connectivity index (χ1v) is 7.18. The zero-order valence-electron chi connectivity index (χ0n) is 10.6. The Labute approximate surface area is 115 Å². The van der Waals surface area contributed by atoms with E-state index in [2.05, 4.69) is 4.99 Å². The molecule has 0 bridgehead atoms. The third-order valence-electron chi connectivity index (χ3n) is 3.94. The highest BCUT2D eigenvalue weighted by atomic mass is 32.2. The van der Waals surface area contributed by atoms with Crippen LogP contribution in [0.25, 0.3) is 0 Å².